The van der Waals surface area contributed by atoms with Gasteiger partial charge in [-0.15, -0.1) is 24.0 Å². The number of nitrogens with zero attached hydrogens (tertiary/aromatic N) is 3. The van der Waals surface area contributed by atoms with E-state index < -0.39 is 0 Å². The molecule has 2 aromatic heterocycles. The predicted octanol–water partition coefficient (Wildman–Crippen LogP) is 3.65. The van der Waals surface area contributed by atoms with Crippen molar-refractivity contribution in [2.75, 3.05) is 6.54 Å². The molecule has 1 saturated carbocycles. The number of pyridine rings is 1. The zero-order valence-corrected chi connectivity index (χ0v) is 16.9. The van der Waals surface area contributed by atoms with Crippen LogP contribution in [0.3, 0.4) is 0 Å². The molecule has 0 radical (unpaired) electrons. The summed E-state index contributed by atoms with van der Waals surface area (Å²) in [5, 5.41) is 6.93. The SMILES string of the molecule is CCNC(=NCc1cn2c(C)cccc2n1)NC1CCCCC1.I. The number of nitrogens with one attached hydrogen (secondary N) is 2. The Morgan fingerprint density at radius 3 is 2.79 bits per heavy atom. The molecule has 24 heavy (non-hydrogen) atoms. The van der Waals surface area contributed by atoms with Crippen molar-refractivity contribution < 1.29 is 0 Å². The normalized spacial score (nSPS) is 16.0. The highest BCUT2D eigenvalue weighted by Gasteiger charge is 2.14. The van der Waals surface area contributed by atoms with E-state index in [1.807, 2.05) is 12.1 Å². The third-order valence-corrected chi connectivity index (χ3v) is 4.44. The van der Waals surface area contributed by atoms with Crippen LogP contribution in [0.1, 0.15) is 50.4 Å². The molecule has 0 spiro atoms. The fourth-order valence-electron chi connectivity index (χ4n) is 3.20. The van der Waals surface area contributed by atoms with E-state index >= 15 is 0 Å². The van der Waals surface area contributed by atoms with Crippen LogP contribution < -0.4 is 10.6 Å². The lowest BCUT2D eigenvalue weighted by molar-refractivity contribution is 0.410. The smallest absolute Gasteiger partial charge is 0.191 e. The molecule has 1 aliphatic carbocycles. The summed E-state index contributed by atoms with van der Waals surface area (Å²) in [4.78, 5) is 9.37. The van der Waals surface area contributed by atoms with Gasteiger partial charge in [0.1, 0.15) is 5.65 Å². The first-order chi connectivity index (χ1) is 11.3. The van der Waals surface area contributed by atoms with Gasteiger partial charge in [0.15, 0.2) is 5.96 Å². The highest BCUT2D eigenvalue weighted by Crippen LogP contribution is 2.17. The third-order valence-electron chi connectivity index (χ3n) is 4.44. The van der Waals surface area contributed by atoms with E-state index in [-0.39, 0.29) is 24.0 Å². The number of aliphatic imine (C=N–C) groups is 1. The topological polar surface area (TPSA) is 53.7 Å². The van der Waals surface area contributed by atoms with Gasteiger partial charge in [-0.1, -0.05) is 25.3 Å². The minimum Gasteiger partial charge on any atom is -0.357 e. The molecule has 2 heterocycles. The molecule has 5 nitrogen and oxygen atoms in total. The van der Waals surface area contributed by atoms with E-state index in [0.29, 0.717) is 12.6 Å². The first-order valence-corrected chi connectivity index (χ1v) is 8.74. The van der Waals surface area contributed by atoms with Crippen molar-refractivity contribution in [1.82, 2.24) is 20.0 Å². The van der Waals surface area contributed by atoms with Gasteiger partial charge < -0.3 is 15.0 Å². The largest absolute Gasteiger partial charge is 0.357 e. The van der Waals surface area contributed by atoms with Crippen molar-refractivity contribution in [3.63, 3.8) is 0 Å². The van der Waals surface area contributed by atoms with Gasteiger partial charge in [-0.25, -0.2) is 9.98 Å². The van der Waals surface area contributed by atoms with Gasteiger partial charge in [-0.3, -0.25) is 0 Å². The summed E-state index contributed by atoms with van der Waals surface area (Å²) < 4.78 is 2.12. The van der Waals surface area contributed by atoms with Crippen LogP contribution in [0.4, 0.5) is 0 Å². The van der Waals surface area contributed by atoms with Gasteiger partial charge in [-0.2, -0.15) is 0 Å². The molecule has 0 bridgehead atoms. The van der Waals surface area contributed by atoms with Crippen LogP contribution in [0.15, 0.2) is 29.4 Å². The predicted molar refractivity (Wildman–Crippen MR) is 110 cm³/mol. The Bertz CT molecular complexity index is 673. The molecule has 0 aliphatic heterocycles. The molecule has 0 atom stereocenters. The molecular formula is C18H28IN5. The van der Waals surface area contributed by atoms with Crippen molar-refractivity contribution in [3.05, 3.63) is 35.8 Å². The zero-order chi connectivity index (χ0) is 16.1. The fourth-order valence-corrected chi connectivity index (χ4v) is 3.20. The number of imidazole rings is 1. The Kier molecular flexibility index (Phi) is 7.33. The molecule has 6 heteroatoms. The lowest BCUT2D eigenvalue weighted by atomic mass is 9.96. The Morgan fingerprint density at radius 1 is 1.29 bits per heavy atom. The molecule has 0 amide bonds. The van der Waals surface area contributed by atoms with Crippen molar-refractivity contribution in [3.8, 4) is 0 Å². The lowest BCUT2D eigenvalue weighted by Crippen LogP contribution is -2.44. The maximum atomic E-state index is 4.72. The van der Waals surface area contributed by atoms with Crippen LogP contribution in [-0.4, -0.2) is 27.9 Å². The van der Waals surface area contributed by atoms with Gasteiger partial charge in [0, 0.05) is 24.5 Å². The fraction of sp³-hybridized carbons (Fsp3) is 0.556. The second-order valence-electron chi connectivity index (χ2n) is 6.30. The van der Waals surface area contributed by atoms with Crippen molar-refractivity contribution in [2.45, 2.75) is 58.5 Å². The monoisotopic (exact) mass is 441 g/mol. The van der Waals surface area contributed by atoms with E-state index in [0.717, 1.165) is 23.8 Å². The molecule has 1 aliphatic rings. The van der Waals surface area contributed by atoms with E-state index in [4.69, 9.17) is 4.99 Å². The molecule has 0 saturated heterocycles. The highest BCUT2D eigenvalue weighted by atomic mass is 127. The van der Waals surface area contributed by atoms with E-state index in [1.54, 1.807) is 0 Å². The highest BCUT2D eigenvalue weighted by molar-refractivity contribution is 14.0. The Balaban J connectivity index is 0.00000208. The summed E-state index contributed by atoms with van der Waals surface area (Å²) in [7, 11) is 0. The van der Waals surface area contributed by atoms with E-state index in [9.17, 15) is 0 Å². The number of hydrogen-bond donors (Lipinski definition) is 2. The van der Waals surface area contributed by atoms with Crippen LogP contribution in [-0.2, 0) is 6.54 Å². The van der Waals surface area contributed by atoms with Gasteiger partial charge in [-0.05, 0) is 38.8 Å². The van der Waals surface area contributed by atoms with E-state index in [2.05, 4.69) is 46.1 Å². The minimum absolute atomic E-state index is 0. The number of aromatic nitrogens is 2. The van der Waals surface area contributed by atoms with Crippen molar-refractivity contribution >= 4 is 35.6 Å². The Labute approximate surface area is 161 Å². The molecule has 2 N–H and O–H groups in total. The maximum Gasteiger partial charge on any atom is 0.191 e. The van der Waals surface area contributed by atoms with Crippen molar-refractivity contribution in [2.24, 2.45) is 4.99 Å². The summed E-state index contributed by atoms with van der Waals surface area (Å²) in [5.41, 5.74) is 3.18. The first kappa shape index (κ1) is 19.0. The molecule has 0 aromatic carbocycles. The summed E-state index contributed by atoms with van der Waals surface area (Å²) in [6.45, 7) is 5.68. The standard InChI is InChI=1S/C18H27N5.HI/c1-3-19-18(22-15-9-5-4-6-10-15)20-12-16-13-23-14(2)8-7-11-17(23)21-16;/h7-8,11,13,15H,3-6,9-10,12H2,1-2H3,(H2,19,20,22);1H. The summed E-state index contributed by atoms with van der Waals surface area (Å²) in [6.07, 6.45) is 8.59. The van der Waals surface area contributed by atoms with Gasteiger partial charge in [0.25, 0.3) is 0 Å². The molecular weight excluding hydrogens is 413 g/mol. The Morgan fingerprint density at radius 2 is 2.08 bits per heavy atom. The minimum atomic E-state index is 0. The number of hydrogen-bond acceptors (Lipinski definition) is 2. The second kappa shape index (κ2) is 9.25. The van der Waals surface area contributed by atoms with Gasteiger partial charge in [0.05, 0.1) is 12.2 Å². The van der Waals surface area contributed by atoms with Crippen LogP contribution in [0.25, 0.3) is 5.65 Å². The number of fused-ring (bicyclic) bond motifs is 1. The Hall–Kier alpha value is -1.31. The number of guanidine groups is 1. The summed E-state index contributed by atoms with van der Waals surface area (Å²) in [5.74, 6) is 0.910. The number of aryl methyl sites for hydroxylation is 1. The maximum absolute atomic E-state index is 4.72. The molecule has 2 aromatic rings. The first-order valence-electron chi connectivity index (χ1n) is 8.74. The zero-order valence-electron chi connectivity index (χ0n) is 14.6. The summed E-state index contributed by atoms with van der Waals surface area (Å²) >= 11 is 0. The van der Waals surface area contributed by atoms with Crippen molar-refractivity contribution in [1.29, 1.82) is 0 Å². The molecule has 3 rings (SSSR count). The number of rotatable bonds is 4. The molecule has 132 valence electrons. The molecule has 1 fully saturated rings. The second-order valence-corrected chi connectivity index (χ2v) is 6.30. The third kappa shape index (κ3) is 4.84. The van der Waals surface area contributed by atoms with Gasteiger partial charge in [0.2, 0.25) is 0 Å². The average Bonchev–Trinajstić information content (AvgIpc) is 2.98. The average molecular weight is 441 g/mol. The van der Waals surface area contributed by atoms with Crippen LogP contribution in [0.2, 0.25) is 0 Å². The quantitative estimate of drug-likeness (QED) is 0.433. The lowest BCUT2D eigenvalue weighted by Gasteiger charge is -2.24. The van der Waals surface area contributed by atoms with Crippen LogP contribution in [0, 0.1) is 6.92 Å². The summed E-state index contributed by atoms with van der Waals surface area (Å²) in [6, 6.07) is 6.73. The number of halogens is 1. The van der Waals surface area contributed by atoms with Gasteiger partial charge >= 0.3 is 0 Å². The molecule has 0 unspecified atom stereocenters. The van der Waals surface area contributed by atoms with Crippen LogP contribution in [0.5, 0.6) is 0 Å². The van der Waals surface area contributed by atoms with E-state index in [1.165, 1.54) is 37.8 Å². The van der Waals surface area contributed by atoms with Crippen LogP contribution >= 0.6 is 24.0 Å².